The summed E-state index contributed by atoms with van der Waals surface area (Å²) in [5.41, 5.74) is 1.54. The van der Waals surface area contributed by atoms with E-state index >= 15 is 0 Å². The first-order valence-electron chi connectivity index (χ1n) is 8.01. The molecule has 1 fully saturated rings. The maximum Gasteiger partial charge on any atom is 0.141 e. The second-order valence-electron chi connectivity index (χ2n) is 6.22. The Morgan fingerprint density at radius 2 is 2.14 bits per heavy atom. The minimum atomic E-state index is 0.816. The second-order valence-corrected chi connectivity index (χ2v) is 7.31. The van der Waals surface area contributed by atoms with Gasteiger partial charge in [0.25, 0.3) is 0 Å². The molecule has 1 saturated heterocycles. The van der Waals surface area contributed by atoms with E-state index in [1.54, 1.807) is 16.8 Å². The highest BCUT2D eigenvalue weighted by molar-refractivity contribution is 7.19. The fourth-order valence-electron chi connectivity index (χ4n) is 3.79. The fraction of sp³-hybridized carbons (Fsp3) is 0.625. The van der Waals surface area contributed by atoms with E-state index in [2.05, 4.69) is 27.2 Å². The minimum Gasteiger partial charge on any atom is -0.356 e. The molecule has 5 heteroatoms. The van der Waals surface area contributed by atoms with E-state index in [1.165, 1.54) is 48.1 Å². The molecule has 4 nitrogen and oxygen atoms in total. The van der Waals surface area contributed by atoms with Crippen LogP contribution in [0.25, 0.3) is 10.2 Å². The molecule has 0 spiro atoms. The van der Waals surface area contributed by atoms with Crippen molar-refractivity contribution in [2.75, 3.05) is 31.6 Å². The molecule has 2 aromatic heterocycles. The Labute approximate surface area is 129 Å². The zero-order valence-corrected chi connectivity index (χ0v) is 13.4. The Bertz CT molecular complexity index is 643. The predicted molar refractivity (Wildman–Crippen MR) is 88.3 cm³/mol. The topological polar surface area (TPSA) is 41.0 Å². The van der Waals surface area contributed by atoms with Crippen LogP contribution in [0.15, 0.2) is 6.33 Å². The summed E-state index contributed by atoms with van der Waals surface area (Å²) in [6, 6.07) is 0. The zero-order chi connectivity index (χ0) is 14.2. The van der Waals surface area contributed by atoms with Gasteiger partial charge in [-0.1, -0.05) is 0 Å². The summed E-state index contributed by atoms with van der Waals surface area (Å²) < 4.78 is 0. The van der Waals surface area contributed by atoms with Crippen molar-refractivity contribution in [2.45, 2.75) is 32.1 Å². The molecule has 0 amide bonds. The third-order valence-electron chi connectivity index (χ3n) is 4.89. The number of fused-ring (bicyclic) bond motifs is 3. The predicted octanol–water partition coefficient (Wildman–Crippen LogP) is 2.62. The summed E-state index contributed by atoms with van der Waals surface area (Å²) >= 11 is 1.89. The first-order valence-corrected chi connectivity index (χ1v) is 8.83. The maximum absolute atomic E-state index is 4.66. The number of rotatable bonds is 3. The van der Waals surface area contributed by atoms with Gasteiger partial charge in [-0.05, 0) is 57.2 Å². The molecule has 3 heterocycles. The second kappa shape index (κ2) is 5.54. The Balaban J connectivity index is 1.65. The van der Waals surface area contributed by atoms with Crippen LogP contribution in [0, 0.1) is 5.92 Å². The molecule has 0 unspecified atom stereocenters. The van der Waals surface area contributed by atoms with Gasteiger partial charge in [0, 0.05) is 18.0 Å². The first-order chi connectivity index (χ1) is 10.4. The van der Waals surface area contributed by atoms with E-state index in [4.69, 9.17) is 0 Å². The smallest absolute Gasteiger partial charge is 0.141 e. The maximum atomic E-state index is 4.66. The van der Waals surface area contributed by atoms with Gasteiger partial charge in [-0.2, -0.15) is 0 Å². The summed E-state index contributed by atoms with van der Waals surface area (Å²) in [6.07, 6.45) is 8.03. The van der Waals surface area contributed by atoms with E-state index in [-0.39, 0.29) is 0 Å². The summed E-state index contributed by atoms with van der Waals surface area (Å²) in [6.45, 7) is 3.40. The van der Waals surface area contributed by atoms with Crippen LogP contribution in [0.2, 0.25) is 0 Å². The molecule has 0 radical (unpaired) electrons. The number of anilines is 1. The molecule has 21 heavy (non-hydrogen) atoms. The lowest BCUT2D eigenvalue weighted by Gasteiger charge is -2.33. The summed E-state index contributed by atoms with van der Waals surface area (Å²) in [5.74, 6) is 2.01. The number of aromatic nitrogens is 2. The third-order valence-corrected chi connectivity index (χ3v) is 6.09. The Kier molecular flexibility index (Phi) is 3.55. The number of nitrogens with zero attached hydrogens (tertiary/aromatic N) is 3. The van der Waals surface area contributed by atoms with Gasteiger partial charge in [-0.25, -0.2) is 9.97 Å². The molecule has 4 rings (SSSR count). The van der Waals surface area contributed by atoms with Crippen LogP contribution in [-0.2, 0) is 12.8 Å². The van der Waals surface area contributed by atoms with Crippen molar-refractivity contribution in [2.24, 2.45) is 5.92 Å². The molecule has 1 aliphatic heterocycles. The fourth-order valence-corrected chi connectivity index (χ4v) is 5.01. The lowest BCUT2D eigenvalue weighted by Crippen LogP contribution is -2.37. The quantitative estimate of drug-likeness (QED) is 0.946. The molecule has 0 bridgehead atoms. The molecule has 0 aromatic carbocycles. The van der Waals surface area contributed by atoms with Crippen LogP contribution in [0.4, 0.5) is 5.82 Å². The lowest BCUT2D eigenvalue weighted by molar-refractivity contribution is 0.392. The van der Waals surface area contributed by atoms with Crippen molar-refractivity contribution in [3.63, 3.8) is 0 Å². The average Bonchev–Trinajstić information content (AvgIpc) is 3.08. The molecular formula is C16H22N4S. The largest absolute Gasteiger partial charge is 0.356 e. The number of aryl methyl sites for hydroxylation is 2. The monoisotopic (exact) mass is 302 g/mol. The molecular weight excluding hydrogens is 280 g/mol. The third kappa shape index (κ3) is 2.32. The molecule has 2 aliphatic rings. The molecule has 112 valence electrons. The number of hydrogen-bond donors (Lipinski definition) is 1. The number of nitrogens with one attached hydrogen (secondary N) is 1. The zero-order valence-electron chi connectivity index (χ0n) is 12.6. The molecule has 0 saturated carbocycles. The van der Waals surface area contributed by atoms with Gasteiger partial charge < -0.3 is 10.2 Å². The Morgan fingerprint density at radius 3 is 2.95 bits per heavy atom. The summed E-state index contributed by atoms with van der Waals surface area (Å²) in [5, 5.41) is 4.67. The van der Waals surface area contributed by atoms with Crippen LogP contribution < -0.4 is 10.2 Å². The summed E-state index contributed by atoms with van der Waals surface area (Å²) in [7, 11) is 2.05. The van der Waals surface area contributed by atoms with Crippen LogP contribution in [0.5, 0.6) is 0 Å². The Hall–Kier alpha value is -1.20. The van der Waals surface area contributed by atoms with Gasteiger partial charge in [0.1, 0.15) is 17.0 Å². The number of thiophene rings is 1. The minimum absolute atomic E-state index is 0.816. The van der Waals surface area contributed by atoms with Crippen LogP contribution in [0.1, 0.15) is 29.7 Å². The summed E-state index contributed by atoms with van der Waals surface area (Å²) in [4.78, 5) is 14.4. The van der Waals surface area contributed by atoms with Gasteiger partial charge in [-0.15, -0.1) is 11.3 Å². The van der Waals surface area contributed by atoms with E-state index in [0.717, 1.165) is 25.6 Å². The van der Waals surface area contributed by atoms with Crippen molar-refractivity contribution < 1.29 is 0 Å². The van der Waals surface area contributed by atoms with Crippen LogP contribution in [0.3, 0.4) is 0 Å². The van der Waals surface area contributed by atoms with Crippen molar-refractivity contribution in [1.82, 2.24) is 15.3 Å². The van der Waals surface area contributed by atoms with Gasteiger partial charge in [-0.3, -0.25) is 0 Å². The van der Waals surface area contributed by atoms with E-state index in [1.807, 2.05) is 11.3 Å². The lowest BCUT2D eigenvalue weighted by atomic mass is 9.96. The molecule has 2 aromatic rings. The van der Waals surface area contributed by atoms with Crippen molar-refractivity contribution in [3.8, 4) is 0 Å². The molecule has 1 aliphatic carbocycles. The average molecular weight is 302 g/mol. The normalized spacial score (nSPS) is 19.4. The molecule has 1 N–H and O–H groups in total. The number of hydrogen-bond acceptors (Lipinski definition) is 5. The van der Waals surface area contributed by atoms with Crippen LogP contribution >= 0.6 is 11.3 Å². The standard InChI is InChI=1S/C16H22N4S/c1-17-9-11-5-7-20(8-6-11)15-14-12-3-2-4-13(12)21-16(14)19-10-18-15/h10-11,17H,2-9H2,1H3. The molecule has 0 atom stereocenters. The SMILES string of the molecule is CNCC1CCN(c2ncnc3sc4c(c23)CCC4)CC1. The number of piperidine rings is 1. The van der Waals surface area contributed by atoms with Gasteiger partial charge in [0.15, 0.2) is 0 Å². The highest BCUT2D eigenvalue weighted by atomic mass is 32.1. The Morgan fingerprint density at radius 1 is 1.29 bits per heavy atom. The first kappa shape index (κ1) is 13.5. The van der Waals surface area contributed by atoms with E-state index < -0.39 is 0 Å². The van der Waals surface area contributed by atoms with Gasteiger partial charge in [0.05, 0.1) is 5.39 Å². The van der Waals surface area contributed by atoms with Gasteiger partial charge >= 0.3 is 0 Å². The van der Waals surface area contributed by atoms with Crippen molar-refractivity contribution >= 4 is 27.4 Å². The van der Waals surface area contributed by atoms with Crippen LogP contribution in [-0.4, -0.2) is 36.6 Å². The highest BCUT2D eigenvalue weighted by Crippen LogP contribution is 2.40. The van der Waals surface area contributed by atoms with E-state index in [9.17, 15) is 0 Å². The van der Waals surface area contributed by atoms with E-state index in [0.29, 0.717) is 0 Å². The van der Waals surface area contributed by atoms with Crippen molar-refractivity contribution in [3.05, 3.63) is 16.8 Å². The highest BCUT2D eigenvalue weighted by Gasteiger charge is 2.26. The van der Waals surface area contributed by atoms with Gasteiger partial charge in [0.2, 0.25) is 0 Å². The van der Waals surface area contributed by atoms with Crippen molar-refractivity contribution in [1.29, 1.82) is 0 Å².